The fourth-order valence-electron chi connectivity index (χ4n) is 4.61. The summed E-state index contributed by atoms with van der Waals surface area (Å²) in [6.45, 7) is 11.3. The number of nitrogens with zero attached hydrogens (tertiary/aromatic N) is 2. The molecule has 1 N–H and O–H groups in total. The van der Waals surface area contributed by atoms with Crippen molar-refractivity contribution in [2.45, 2.75) is 51.3 Å². The van der Waals surface area contributed by atoms with E-state index in [1.54, 1.807) is 11.8 Å². The topological polar surface area (TPSA) is 96.4 Å². The second-order valence-electron chi connectivity index (χ2n) is 8.08. The Labute approximate surface area is 182 Å². The second-order valence-corrected chi connectivity index (χ2v) is 8.08. The molecule has 31 heavy (non-hydrogen) atoms. The van der Waals surface area contributed by atoms with Crippen LogP contribution in [-0.4, -0.2) is 70.8 Å². The maximum atomic E-state index is 12.8. The second kappa shape index (κ2) is 9.51. The van der Waals surface area contributed by atoms with Gasteiger partial charge in [-0.3, -0.25) is 4.79 Å². The van der Waals surface area contributed by atoms with E-state index in [9.17, 15) is 19.5 Å². The van der Waals surface area contributed by atoms with E-state index in [0.29, 0.717) is 18.5 Å². The molecule has 2 saturated heterocycles. The first-order valence-corrected chi connectivity index (χ1v) is 10.6. The zero-order chi connectivity index (χ0) is 22.7. The molecule has 8 heteroatoms. The third-order valence-electron chi connectivity index (χ3n) is 6.03. The van der Waals surface area contributed by atoms with Gasteiger partial charge in [0.2, 0.25) is 5.91 Å². The summed E-state index contributed by atoms with van der Waals surface area (Å²) in [6.07, 6.45) is 5.83. The lowest BCUT2D eigenvalue weighted by Gasteiger charge is -2.44. The number of allylic oxidation sites excluding steroid dienone is 1. The predicted octanol–water partition coefficient (Wildman–Crippen LogP) is 2.31. The maximum Gasteiger partial charge on any atom is 0.410 e. The Kier molecular flexibility index (Phi) is 7.00. The van der Waals surface area contributed by atoms with Gasteiger partial charge >= 0.3 is 12.1 Å². The van der Waals surface area contributed by atoms with Crippen molar-refractivity contribution in [3.05, 3.63) is 48.2 Å². The van der Waals surface area contributed by atoms with Crippen LogP contribution in [0.2, 0.25) is 0 Å². The van der Waals surface area contributed by atoms with Gasteiger partial charge in [0.1, 0.15) is 18.9 Å². The lowest BCUT2D eigenvalue weighted by molar-refractivity contribution is -0.162. The monoisotopic (exact) mass is 430 g/mol. The van der Waals surface area contributed by atoms with E-state index in [2.05, 4.69) is 13.2 Å². The number of carbonyl (C=O) groups is 3. The molecular weight excluding hydrogens is 400 g/mol. The molecule has 3 aliphatic heterocycles. The largest absolute Gasteiger partial charge is 0.457 e. The molecule has 0 aromatic carbocycles. The van der Waals surface area contributed by atoms with Crippen LogP contribution in [0.5, 0.6) is 0 Å². The van der Waals surface area contributed by atoms with Crippen molar-refractivity contribution in [2.24, 2.45) is 5.92 Å². The Bertz CT molecular complexity index is 843. The molecule has 0 spiro atoms. The summed E-state index contributed by atoms with van der Waals surface area (Å²) in [6, 6.07) is -0.429. The van der Waals surface area contributed by atoms with Crippen LogP contribution >= 0.6 is 0 Å². The Balaban J connectivity index is 1.88. The molecule has 2 amide bonds. The number of esters is 1. The first-order valence-electron chi connectivity index (χ1n) is 10.6. The average Bonchev–Trinajstić information content (AvgIpc) is 3.32. The lowest BCUT2D eigenvalue weighted by Crippen LogP contribution is -2.61. The van der Waals surface area contributed by atoms with Crippen molar-refractivity contribution < 1.29 is 29.0 Å². The molecule has 8 nitrogen and oxygen atoms in total. The minimum Gasteiger partial charge on any atom is -0.457 e. The number of aliphatic hydroxyl groups excluding tert-OH is 1. The van der Waals surface area contributed by atoms with E-state index in [0.717, 1.165) is 18.4 Å². The van der Waals surface area contributed by atoms with Gasteiger partial charge in [-0.05, 0) is 44.3 Å². The Morgan fingerprint density at radius 1 is 1.26 bits per heavy atom. The number of carbonyl (C=O) groups excluding carboxylic acids is 3. The summed E-state index contributed by atoms with van der Waals surface area (Å²) in [4.78, 5) is 40.8. The molecule has 0 aromatic heterocycles. The molecule has 3 rings (SSSR count). The number of fused-ring (bicyclic) bond motifs is 1. The van der Waals surface area contributed by atoms with E-state index in [-0.39, 0.29) is 36.9 Å². The SMILES string of the molecule is C=CCOC(=O)C1=C(/C(C)=C/[C@@H]2CCCN2C(=O)OCC=C)C[C@@H]2[C@@H]([C@@H](C)O)C(=O)N12. The van der Waals surface area contributed by atoms with E-state index in [1.165, 1.54) is 17.1 Å². The van der Waals surface area contributed by atoms with Crippen LogP contribution in [0.1, 0.15) is 33.1 Å². The number of aliphatic hydroxyl groups is 1. The van der Waals surface area contributed by atoms with Crippen LogP contribution in [0.25, 0.3) is 0 Å². The summed E-state index contributed by atoms with van der Waals surface area (Å²) in [5.74, 6) is -1.40. The normalized spacial score (nSPS) is 26.4. The molecule has 4 atom stereocenters. The molecule has 2 fully saturated rings. The van der Waals surface area contributed by atoms with Gasteiger partial charge in [0, 0.05) is 6.54 Å². The molecular formula is C23H30N2O6. The number of hydrogen-bond acceptors (Lipinski definition) is 6. The van der Waals surface area contributed by atoms with Crippen molar-refractivity contribution in [1.29, 1.82) is 0 Å². The number of β-lactam (4-membered cyclic amide) rings is 1. The highest BCUT2D eigenvalue weighted by atomic mass is 16.6. The molecule has 168 valence electrons. The molecule has 3 aliphatic rings. The predicted molar refractivity (Wildman–Crippen MR) is 114 cm³/mol. The highest BCUT2D eigenvalue weighted by molar-refractivity contribution is 6.01. The zero-order valence-corrected chi connectivity index (χ0v) is 18.1. The average molecular weight is 431 g/mol. The number of likely N-dealkylation sites (tertiary alicyclic amines) is 1. The van der Waals surface area contributed by atoms with E-state index < -0.39 is 24.1 Å². The van der Waals surface area contributed by atoms with Crippen molar-refractivity contribution in [1.82, 2.24) is 9.80 Å². The van der Waals surface area contributed by atoms with Gasteiger partial charge in [-0.2, -0.15) is 0 Å². The fourth-order valence-corrected chi connectivity index (χ4v) is 4.61. The first kappa shape index (κ1) is 22.8. The molecule has 0 unspecified atom stereocenters. The standard InChI is InChI=1S/C23H30N2O6/c1-5-10-30-22(28)20-17(13-18-19(15(4)26)21(27)25(18)20)14(3)12-16-8-7-9-24(16)23(29)31-11-6-2/h5-6,12,15-16,18-19,26H,1-2,7-11,13H2,3-4H3/b14-12+/t15-,16+,18-,19-/m1/s1. The van der Waals surface area contributed by atoms with Crippen LogP contribution in [0.3, 0.4) is 0 Å². The summed E-state index contributed by atoms with van der Waals surface area (Å²) >= 11 is 0. The summed E-state index contributed by atoms with van der Waals surface area (Å²) in [5.41, 5.74) is 1.74. The zero-order valence-electron chi connectivity index (χ0n) is 18.1. The highest BCUT2D eigenvalue weighted by Crippen LogP contribution is 2.46. The smallest absolute Gasteiger partial charge is 0.410 e. The van der Waals surface area contributed by atoms with Gasteiger partial charge in [0.25, 0.3) is 0 Å². The quantitative estimate of drug-likeness (QED) is 0.361. The van der Waals surface area contributed by atoms with Crippen molar-refractivity contribution in [2.75, 3.05) is 19.8 Å². The van der Waals surface area contributed by atoms with Gasteiger partial charge in [-0.25, -0.2) is 9.59 Å². The Morgan fingerprint density at radius 3 is 2.58 bits per heavy atom. The van der Waals surface area contributed by atoms with Crippen LogP contribution in [0.15, 0.2) is 48.2 Å². The number of ether oxygens (including phenoxy) is 2. The van der Waals surface area contributed by atoms with Crippen LogP contribution in [0, 0.1) is 5.92 Å². The van der Waals surface area contributed by atoms with E-state index >= 15 is 0 Å². The molecule has 0 radical (unpaired) electrons. The minimum absolute atomic E-state index is 0.0381. The molecule has 0 saturated carbocycles. The van der Waals surface area contributed by atoms with Gasteiger partial charge in [-0.1, -0.05) is 31.4 Å². The van der Waals surface area contributed by atoms with Crippen molar-refractivity contribution in [3.63, 3.8) is 0 Å². The summed E-state index contributed by atoms with van der Waals surface area (Å²) in [5, 5.41) is 10.0. The van der Waals surface area contributed by atoms with Gasteiger partial charge in [-0.15, -0.1) is 0 Å². The highest BCUT2D eigenvalue weighted by Gasteiger charge is 2.57. The Hall–Kier alpha value is -2.87. The third-order valence-corrected chi connectivity index (χ3v) is 6.03. The summed E-state index contributed by atoms with van der Waals surface area (Å²) in [7, 11) is 0. The molecule has 3 heterocycles. The van der Waals surface area contributed by atoms with Crippen LogP contribution in [-0.2, 0) is 19.1 Å². The molecule has 0 aliphatic carbocycles. The lowest BCUT2D eigenvalue weighted by atomic mass is 9.82. The fraction of sp³-hybridized carbons (Fsp3) is 0.522. The minimum atomic E-state index is -0.798. The van der Waals surface area contributed by atoms with E-state index in [4.69, 9.17) is 9.47 Å². The Morgan fingerprint density at radius 2 is 1.94 bits per heavy atom. The third kappa shape index (κ3) is 4.30. The van der Waals surface area contributed by atoms with E-state index in [1.807, 2.05) is 13.0 Å². The number of hydrogen-bond donors (Lipinski definition) is 1. The number of rotatable bonds is 8. The van der Waals surface area contributed by atoms with Crippen LogP contribution in [0.4, 0.5) is 4.79 Å². The van der Waals surface area contributed by atoms with Gasteiger partial charge < -0.3 is 24.4 Å². The maximum absolute atomic E-state index is 12.8. The molecule has 0 bridgehead atoms. The number of amides is 2. The summed E-state index contributed by atoms with van der Waals surface area (Å²) < 4.78 is 10.4. The molecule has 0 aromatic rings. The van der Waals surface area contributed by atoms with Gasteiger partial charge in [0.05, 0.1) is 24.1 Å². The van der Waals surface area contributed by atoms with Crippen molar-refractivity contribution in [3.8, 4) is 0 Å². The van der Waals surface area contributed by atoms with Gasteiger partial charge in [0.15, 0.2) is 0 Å². The first-order chi connectivity index (χ1) is 14.8. The van der Waals surface area contributed by atoms with Crippen molar-refractivity contribution >= 4 is 18.0 Å². The van der Waals surface area contributed by atoms with Crippen LogP contribution < -0.4 is 0 Å².